The maximum atomic E-state index is 12.4. The van der Waals surface area contributed by atoms with Crippen molar-refractivity contribution in [2.24, 2.45) is 0 Å². The van der Waals surface area contributed by atoms with Crippen molar-refractivity contribution in [3.63, 3.8) is 0 Å². The average molecular weight is 327 g/mol. The van der Waals surface area contributed by atoms with Crippen molar-refractivity contribution >= 4 is 17.6 Å². The van der Waals surface area contributed by atoms with Gasteiger partial charge < -0.3 is 19.1 Å². The minimum Gasteiger partial charge on any atom is -0.493 e. The van der Waals surface area contributed by atoms with E-state index in [4.69, 9.17) is 14.2 Å². The number of carbonyl (C=O) groups is 2. The number of rotatable bonds is 3. The maximum absolute atomic E-state index is 12.4. The number of ether oxygens (including phenoxy) is 3. The van der Waals surface area contributed by atoms with Gasteiger partial charge in [0.1, 0.15) is 11.4 Å². The highest BCUT2D eigenvalue weighted by molar-refractivity contribution is 6.05. The second kappa shape index (κ2) is 6.62. The van der Waals surface area contributed by atoms with Gasteiger partial charge in [-0.15, -0.1) is 0 Å². The van der Waals surface area contributed by atoms with E-state index in [9.17, 15) is 9.59 Å². The molecule has 2 aliphatic rings. The zero-order valence-electron chi connectivity index (χ0n) is 13.4. The highest BCUT2D eigenvalue weighted by Gasteiger charge is 2.30. The summed E-state index contributed by atoms with van der Waals surface area (Å²) >= 11 is 0. The number of methoxy groups -OCH3 is 2. The number of fused-ring (bicyclic) bond motifs is 1. The van der Waals surface area contributed by atoms with Crippen LogP contribution in [0.2, 0.25) is 0 Å². The third kappa shape index (κ3) is 2.67. The number of nitrogens with zero attached hydrogens (tertiary/aromatic N) is 1. The van der Waals surface area contributed by atoms with Gasteiger partial charge in [-0.1, -0.05) is 12.1 Å². The summed E-state index contributed by atoms with van der Waals surface area (Å²) < 4.78 is 15.3. The number of hydrogen-bond donors (Lipinski definition) is 0. The van der Waals surface area contributed by atoms with Crippen LogP contribution in [-0.4, -0.2) is 32.8 Å². The third-order valence-electron chi connectivity index (χ3n) is 3.87. The Bertz CT molecular complexity index is 776. The quantitative estimate of drug-likeness (QED) is 0.792. The van der Waals surface area contributed by atoms with E-state index < -0.39 is 11.9 Å². The van der Waals surface area contributed by atoms with Crippen molar-refractivity contribution < 1.29 is 23.8 Å². The number of allylic oxidation sites excluding steroid dienone is 2. The summed E-state index contributed by atoms with van der Waals surface area (Å²) in [7, 11) is 2.55. The monoisotopic (exact) mass is 327 g/mol. The molecule has 1 aromatic rings. The largest absolute Gasteiger partial charge is 0.493 e. The van der Waals surface area contributed by atoms with Crippen molar-refractivity contribution in [2.45, 2.75) is 6.42 Å². The molecule has 3 rings (SSSR count). The van der Waals surface area contributed by atoms with Crippen molar-refractivity contribution in [3.05, 3.63) is 59.5 Å². The van der Waals surface area contributed by atoms with Gasteiger partial charge in [0, 0.05) is 18.2 Å². The molecule has 6 nitrogen and oxygen atoms in total. The highest BCUT2D eigenvalue weighted by atomic mass is 16.5. The summed E-state index contributed by atoms with van der Waals surface area (Å²) in [5.41, 5.74) is 1.99. The van der Waals surface area contributed by atoms with Crippen LogP contribution in [0.1, 0.15) is 5.56 Å². The van der Waals surface area contributed by atoms with E-state index in [1.54, 1.807) is 23.3 Å². The Morgan fingerprint density at radius 2 is 1.92 bits per heavy atom. The van der Waals surface area contributed by atoms with Gasteiger partial charge >= 0.3 is 11.9 Å². The molecule has 124 valence electrons. The van der Waals surface area contributed by atoms with Crippen LogP contribution in [0, 0.1) is 0 Å². The standard InChI is InChI=1S/C18H17NO5/c1-22-17(20)13-6-3-4-10-19(16(13)18(21)23-2)14-7-5-8-15-12(14)9-11-24-15/h3-8,10H,9,11H2,1-2H3. The number of anilines is 1. The van der Waals surface area contributed by atoms with Gasteiger partial charge in [-0.05, 0) is 24.3 Å². The molecule has 1 aromatic carbocycles. The molecule has 0 spiro atoms. The lowest BCUT2D eigenvalue weighted by Gasteiger charge is -2.24. The van der Waals surface area contributed by atoms with Crippen molar-refractivity contribution in [1.29, 1.82) is 0 Å². The van der Waals surface area contributed by atoms with E-state index in [0.29, 0.717) is 6.61 Å². The van der Waals surface area contributed by atoms with Crippen LogP contribution >= 0.6 is 0 Å². The number of carbonyl (C=O) groups excluding carboxylic acids is 2. The van der Waals surface area contributed by atoms with E-state index in [1.165, 1.54) is 20.3 Å². The maximum Gasteiger partial charge on any atom is 0.355 e. The molecule has 0 unspecified atom stereocenters. The molecule has 0 saturated heterocycles. The Hall–Kier alpha value is -3.02. The van der Waals surface area contributed by atoms with E-state index in [-0.39, 0.29) is 11.3 Å². The first-order valence-electron chi connectivity index (χ1n) is 7.47. The molecule has 6 heteroatoms. The molecule has 2 aliphatic heterocycles. The summed E-state index contributed by atoms with van der Waals surface area (Å²) in [5, 5.41) is 0. The Morgan fingerprint density at radius 3 is 2.67 bits per heavy atom. The van der Waals surface area contributed by atoms with Gasteiger partial charge in [0.25, 0.3) is 0 Å². The minimum absolute atomic E-state index is 0.106. The second-order valence-electron chi connectivity index (χ2n) is 5.17. The molecular weight excluding hydrogens is 310 g/mol. The number of hydrogen-bond acceptors (Lipinski definition) is 6. The van der Waals surface area contributed by atoms with Gasteiger partial charge in [0.2, 0.25) is 0 Å². The van der Waals surface area contributed by atoms with Crippen molar-refractivity contribution in [1.82, 2.24) is 0 Å². The van der Waals surface area contributed by atoms with Crippen molar-refractivity contribution in [3.8, 4) is 5.75 Å². The molecule has 24 heavy (non-hydrogen) atoms. The van der Waals surface area contributed by atoms with E-state index in [0.717, 1.165) is 23.4 Å². The number of esters is 2. The normalized spacial score (nSPS) is 15.7. The summed E-state index contributed by atoms with van der Waals surface area (Å²) in [6.07, 6.45) is 7.40. The van der Waals surface area contributed by atoms with Crippen LogP contribution in [0.15, 0.2) is 53.9 Å². The molecule has 2 heterocycles. The second-order valence-corrected chi connectivity index (χ2v) is 5.17. The first-order chi connectivity index (χ1) is 11.7. The van der Waals surface area contributed by atoms with Crippen LogP contribution in [0.5, 0.6) is 5.75 Å². The molecule has 0 amide bonds. The number of benzene rings is 1. The Kier molecular flexibility index (Phi) is 4.37. The highest BCUT2D eigenvalue weighted by Crippen LogP contribution is 2.37. The lowest BCUT2D eigenvalue weighted by atomic mass is 10.1. The van der Waals surface area contributed by atoms with Crippen LogP contribution in [0.3, 0.4) is 0 Å². The summed E-state index contributed by atoms with van der Waals surface area (Å²) in [5.74, 6) is -0.450. The fourth-order valence-electron chi connectivity index (χ4n) is 2.78. The lowest BCUT2D eigenvalue weighted by molar-refractivity contribution is -0.139. The van der Waals surface area contributed by atoms with Crippen LogP contribution < -0.4 is 9.64 Å². The fourth-order valence-corrected chi connectivity index (χ4v) is 2.78. The predicted molar refractivity (Wildman–Crippen MR) is 87.5 cm³/mol. The molecule has 0 saturated carbocycles. The van der Waals surface area contributed by atoms with E-state index in [1.807, 2.05) is 18.2 Å². The zero-order chi connectivity index (χ0) is 17.1. The first-order valence-corrected chi connectivity index (χ1v) is 7.47. The molecule has 0 bridgehead atoms. The smallest absolute Gasteiger partial charge is 0.355 e. The zero-order valence-corrected chi connectivity index (χ0v) is 13.4. The van der Waals surface area contributed by atoms with Gasteiger partial charge in [0.15, 0.2) is 0 Å². The fraction of sp³-hybridized carbons (Fsp3) is 0.222. The van der Waals surface area contributed by atoms with Gasteiger partial charge in [0.05, 0.1) is 32.1 Å². The van der Waals surface area contributed by atoms with Crippen LogP contribution in [0.25, 0.3) is 0 Å². The Labute approximate surface area is 139 Å². The summed E-state index contributed by atoms with van der Waals surface area (Å²) in [4.78, 5) is 26.2. The minimum atomic E-state index is -0.622. The third-order valence-corrected chi connectivity index (χ3v) is 3.87. The van der Waals surface area contributed by atoms with Gasteiger partial charge in [-0.2, -0.15) is 0 Å². The molecule has 0 N–H and O–H groups in total. The van der Waals surface area contributed by atoms with E-state index in [2.05, 4.69) is 0 Å². The van der Waals surface area contributed by atoms with Gasteiger partial charge in [-0.3, -0.25) is 0 Å². The predicted octanol–water partition coefficient (Wildman–Crippen LogP) is 2.11. The summed E-state index contributed by atoms with van der Waals surface area (Å²) in [6.45, 7) is 0.587. The molecular formula is C18H17NO5. The molecule has 0 fully saturated rings. The molecule has 0 aliphatic carbocycles. The first kappa shape index (κ1) is 15.9. The Balaban J connectivity index is 2.20. The van der Waals surface area contributed by atoms with Gasteiger partial charge in [-0.25, -0.2) is 9.59 Å². The molecule has 0 atom stereocenters. The SMILES string of the molecule is COC(=O)C1=C(C(=O)OC)N(c2cccc3c2CCO3)C=CC=C1. The van der Waals surface area contributed by atoms with E-state index >= 15 is 0 Å². The topological polar surface area (TPSA) is 65.1 Å². The summed E-state index contributed by atoms with van der Waals surface area (Å²) in [6, 6.07) is 5.60. The lowest BCUT2D eigenvalue weighted by Crippen LogP contribution is -2.27. The van der Waals surface area contributed by atoms with Crippen LogP contribution in [-0.2, 0) is 25.5 Å². The van der Waals surface area contributed by atoms with Crippen LogP contribution in [0.4, 0.5) is 5.69 Å². The Morgan fingerprint density at radius 1 is 1.12 bits per heavy atom. The average Bonchev–Trinajstić information content (AvgIpc) is 2.99. The molecule has 0 radical (unpaired) electrons. The van der Waals surface area contributed by atoms with Crippen molar-refractivity contribution in [2.75, 3.05) is 25.7 Å². The molecule has 0 aromatic heterocycles.